The van der Waals surface area contributed by atoms with Crippen LogP contribution in [0.2, 0.25) is 0 Å². The summed E-state index contributed by atoms with van der Waals surface area (Å²) in [5.74, 6) is 1.25. The molecule has 0 saturated heterocycles. The molecular weight excluding hydrogens is 677 g/mol. The van der Waals surface area contributed by atoms with Gasteiger partial charge in [0.15, 0.2) is 4.83 Å². The van der Waals surface area contributed by atoms with Crippen LogP contribution in [0.4, 0.5) is 34.5 Å². The molecule has 250 valence electrons. The number of hydrogen-bond acceptors (Lipinski definition) is 9. The van der Waals surface area contributed by atoms with Crippen molar-refractivity contribution in [2.24, 2.45) is 0 Å². The second-order valence-electron chi connectivity index (χ2n) is 12.8. The highest BCUT2D eigenvalue weighted by Gasteiger charge is 2.22. The molecule has 0 amide bonds. The van der Waals surface area contributed by atoms with Gasteiger partial charge in [-0.1, -0.05) is 84.1 Å². The Labute approximate surface area is 305 Å². The number of fused-ring (bicyclic) bond motifs is 9. The van der Waals surface area contributed by atoms with E-state index >= 15 is 0 Å². The van der Waals surface area contributed by atoms with Crippen LogP contribution in [0.1, 0.15) is 0 Å². The minimum absolute atomic E-state index is 0.467. The molecule has 0 bridgehead atoms. The minimum atomic E-state index is 0.467. The van der Waals surface area contributed by atoms with Gasteiger partial charge in [-0.3, -0.25) is 9.80 Å². The molecule has 11 rings (SSSR count). The fourth-order valence-corrected chi connectivity index (χ4v) is 8.17. The molecule has 0 aliphatic rings. The van der Waals surface area contributed by atoms with Crippen LogP contribution < -0.4 is 9.80 Å². The molecule has 53 heavy (non-hydrogen) atoms. The molecule has 0 aliphatic heterocycles. The van der Waals surface area contributed by atoms with E-state index in [1.807, 2.05) is 114 Å². The van der Waals surface area contributed by atoms with Crippen molar-refractivity contribution >= 4 is 110 Å². The second kappa shape index (κ2) is 11.7. The summed E-state index contributed by atoms with van der Waals surface area (Å²) in [4.78, 5) is 16.1. The molecule has 6 aromatic carbocycles. The molecule has 0 fully saturated rings. The number of rotatable bonds is 6. The lowest BCUT2D eigenvalue weighted by Gasteiger charge is -2.24. The van der Waals surface area contributed by atoms with E-state index in [4.69, 9.17) is 29.0 Å². The predicted molar refractivity (Wildman–Crippen MR) is 214 cm³/mol. The Morgan fingerprint density at radius 3 is 1.58 bits per heavy atom. The van der Waals surface area contributed by atoms with Crippen molar-refractivity contribution in [2.75, 3.05) is 9.80 Å². The van der Waals surface area contributed by atoms with Crippen molar-refractivity contribution in [3.8, 4) is 0 Å². The first-order chi connectivity index (χ1) is 26.2. The lowest BCUT2D eigenvalue weighted by Crippen LogP contribution is -2.13. The van der Waals surface area contributed by atoms with Crippen LogP contribution >= 0.6 is 11.3 Å². The Hall–Kier alpha value is -7.10. The highest BCUT2D eigenvalue weighted by atomic mass is 32.1. The smallest absolute Gasteiger partial charge is 0.255 e. The largest absolute Gasteiger partial charge is 0.456 e. The van der Waals surface area contributed by atoms with Gasteiger partial charge in [0.2, 0.25) is 0 Å². The summed E-state index contributed by atoms with van der Waals surface area (Å²) in [7, 11) is 0. The first kappa shape index (κ1) is 29.6. The summed E-state index contributed by atoms with van der Waals surface area (Å²) < 4.78 is 12.3. The number of hydrogen-bond donors (Lipinski definition) is 0. The molecule has 0 atom stereocenters. The monoisotopic (exact) mass is 702 g/mol. The van der Waals surface area contributed by atoms with Crippen molar-refractivity contribution in [1.82, 2.24) is 20.2 Å². The predicted octanol–water partition coefficient (Wildman–Crippen LogP) is 12.4. The molecule has 5 aromatic heterocycles. The van der Waals surface area contributed by atoms with Crippen LogP contribution in [-0.4, -0.2) is 20.2 Å². The molecule has 0 spiro atoms. The third-order valence-corrected chi connectivity index (χ3v) is 10.6. The van der Waals surface area contributed by atoms with Crippen LogP contribution in [-0.2, 0) is 0 Å². The molecule has 5 heterocycles. The van der Waals surface area contributed by atoms with Gasteiger partial charge >= 0.3 is 0 Å². The van der Waals surface area contributed by atoms with E-state index in [1.165, 1.54) is 11.3 Å². The zero-order chi connectivity index (χ0) is 34.9. The molecule has 8 nitrogen and oxygen atoms in total. The quantitative estimate of drug-likeness (QED) is 0.169. The molecule has 0 N–H and O–H groups in total. The number of furan rings is 2. The number of nitrogens with zero attached hydrogens (tertiary/aromatic N) is 6. The lowest BCUT2D eigenvalue weighted by molar-refractivity contribution is 0.668. The first-order valence-electron chi connectivity index (χ1n) is 17.2. The average Bonchev–Trinajstić information content (AvgIpc) is 3.89. The molecule has 11 aromatic rings. The van der Waals surface area contributed by atoms with E-state index < -0.39 is 0 Å². The minimum Gasteiger partial charge on any atom is -0.456 e. The number of aromatic nitrogens is 4. The van der Waals surface area contributed by atoms with Gasteiger partial charge in [0.25, 0.3) is 5.95 Å². The van der Waals surface area contributed by atoms with Crippen molar-refractivity contribution < 1.29 is 8.83 Å². The SMILES string of the molecule is c1ccc(N(c2ccc3oc4ccccc4c3c2)c2ccc3c(n2)sc2nc(N(c4ccccc4)c4ccc5oc6ccccc6c5c4)nnc23)cc1. The van der Waals surface area contributed by atoms with E-state index in [1.54, 1.807) is 0 Å². The van der Waals surface area contributed by atoms with Gasteiger partial charge < -0.3 is 8.83 Å². The van der Waals surface area contributed by atoms with Crippen molar-refractivity contribution in [1.29, 1.82) is 0 Å². The van der Waals surface area contributed by atoms with Gasteiger partial charge in [0.05, 0.1) is 5.69 Å². The molecule has 0 aliphatic carbocycles. The summed E-state index contributed by atoms with van der Waals surface area (Å²) in [6.07, 6.45) is 0. The van der Waals surface area contributed by atoms with Crippen LogP contribution in [0.25, 0.3) is 64.4 Å². The third-order valence-electron chi connectivity index (χ3n) is 9.63. The van der Waals surface area contributed by atoms with Crippen LogP contribution in [0.15, 0.2) is 167 Å². The topological polar surface area (TPSA) is 84.3 Å². The van der Waals surface area contributed by atoms with Crippen LogP contribution in [0, 0.1) is 0 Å². The number of thiophene rings is 1. The molecule has 9 heteroatoms. The second-order valence-corrected chi connectivity index (χ2v) is 13.8. The Kier molecular flexibility index (Phi) is 6.55. The summed E-state index contributed by atoms with van der Waals surface area (Å²) in [5, 5.41) is 14.6. The maximum atomic E-state index is 6.14. The van der Waals surface area contributed by atoms with E-state index in [0.29, 0.717) is 5.95 Å². The van der Waals surface area contributed by atoms with Gasteiger partial charge in [-0.15, -0.1) is 10.2 Å². The van der Waals surface area contributed by atoms with E-state index in [-0.39, 0.29) is 0 Å². The van der Waals surface area contributed by atoms with Crippen LogP contribution in [0.3, 0.4) is 0 Å². The van der Waals surface area contributed by atoms with Crippen molar-refractivity contribution in [3.63, 3.8) is 0 Å². The third kappa shape index (κ3) is 4.82. The summed E-state index contributed by atoms with van der Waals surface area (Å²) in [5.41, 5.74) is 7.90. The fraction of sp³-hybridized carbons (Fsp3) is 0. The summed E-state index contributed by atoms with van der Waals surface area (Å²) >= 11 is 1.51. The van der Waals surface area contributed by atoms with E-state index in [0.717, 1.165) is 93.0 Å². The maximum absolute atomic E-state index is 6.14. The van der Waals surface area contributed by atoms with Gasteiger partial charge in [0.1, 0.15) is 38.5 Å². The zero-order valence-electron chi connectivity index (χ0n) is 27.9. The van der Waals surface area contributed by atoms with Crippen molar-refractivity contribution in [2.45, 2.75) is 0 Å². The Morgan fingerprint density at radius 1 is 0.396 bits per heavy atom. The van der Waals surface area contributed by atoms with Gasteiger partial charge in [-0.2, -0.15) is 4.98 Å². The lowest BCUT2D eigenvalue weighted by atomic mass is 10.1. The van der Waals surface area contributed by atoms with Crippen molar-refractivity contribution in [3.05, 3.63) is 158 Å². The highest BCUT2D eigenvalue weighted by Crippen LogP contribution is 2.41. The average molecular weight is 703 g/mol. The summed E-state index contributed by atoms with van der Waals surface area (Å²) in [6.45, 7) is 0. The maximum Gasteiger partial charge on any atom is 0.255 e. The standard InChI is InChI=1S/C44H26N6O2S/c1-3-11-27(12-4-1)49(29-19-22-38-34(25-29)31-15-7-9-17-36(31)51-38)40-24-21-33-41-43(53-42(33)45-40)46-44(48-47-41)50(28-13-5-2-6-14-28)30-20-23-39-35(26-30)32-16-8-10-18-37(32)52-39/h1-26H. The Bertz CT molecular complexity index is 2940. The number of pyridine rings is 1. The van der Waals surface area contributed by atoms with Crippen LogP contribution in [0.5, 0.6) is 0 Å². The molecule has 0 saturated carbocycles. The fourth-order valence-electron chi connectivity index (χ4n) is 7.20. The van der Waals surface area contributed by atoms with Gasteiger partial charge in [0, 0.05) is 44.0 Å². The highest BCUT2D eigenvalue weighted by molar-refractivity contribution is 7.25. The van der Waals surface area contributed by atoms with Gasteiger partial charge in [-0.05, 0) is 84.9 Å². The normalized spacial score (nSPS) is 11.8. The van der Waals surface area contributed by atoms with Gasteiger partial charge in [-0.25, -0.2) is 4.98 Å². The van der Waals surface area contributed by atoms with E-state index in [9.17, 15) is 0 Å². The summed E-state index contributed by atoms with van der Waals surface area (Å²) in [6, 6.07) is 53.2. The number of benzene rings is 6. The molecule has 0 unspecified atom stereocenters. The molecule has 0 radical (unpaired) electrons. The zero-order valence-corrected chi connectivity index (χ0v) is 28.7. The Balaban J connectivity index is 1.04. The number of anilines is 6. The first-order valence-corrected chi connectivity index (χ1v) is 18.0. The van der Waals surface area contributed by atoms with E-state index in [2.05, 4.69) is 53.4 Å². The Morgan fingerprint density at radius 2 is 0.943 bits per heavy atom. The number of para-hydroxylation sites is 4. The molecular formula is C44H26N6O2S.